The minimum Gasteiger partial charge on any atom is -0.444 e. The van der Waals surface area contributed by atoms with Gasteiger partial charge in [-0.05, 0) is 46.8 Å². The molecule has 8 heteroatoms. The number of carbonyl (C=O) groups excluding carboxylic acids is 1. The van der Waals surface area contributed by atoms with E-state index >= 15 is 0 Å². The Labute approximate surface area is 131 Å². The van der Waals surface area contributed by atoms with Gasteiger partial charge < -0.3 is 15.8 Å². The molecule has 1 rings (SSSR count). The Balaban J connectivity index is 2.85. The molecule has 0 spiro atoms. The average Bonchev–Trinajstić information content (AvgIpc) is 2.23. The normalized spacial score (nSPS) is 12.8. The number of aromatic nitrogens is 1. The van der Waals surface area contributed by atoms with E-state index in [1.54, 1.807) is 34.6 Å². The van der Waals surface area contributed by atoms with E-state index in [0.29, 0.717) is 5.69 Å². The largest absolute Gasteiger partial charge is 0.444 e. The van der Waals surface area contributed by atoms with Crippen molar-refractivity contribution in [2.24, 2.45) is 0 Å². The van der Waals surface area contributed by atoms with Crippen molar-refractivity contribution in [1.29, 1.82) is 0 Å². The Morgan fingerprint density at radius 2 is 1.91 bits per heavy atom. The Morgan fingerprint density at radius 1 is 1.32 bits per heavy atom. The minimum atomic E-state index is -3.69. The van der Waals surface area contributed by atoms with Crippen molar-refractivity contribution in [2.45, 2.75) is 50.8 Å². The van der Waals surface area contributed by atoms with E-state index in [9.17, 15) is 13.2 Å². The van der Waals surface area contributed by atoms with Crippen molar-refractivity contribution in [3.63, 3.8) is 0 Å². The number of nitrogen functional groups attached to an aromatic ring is 1. The van der Waals surface area contributed by atoms with Gasteiger partial charge in [0, 0.05) is 11.9 Å². The molecule has 0 aliphatic heterocycles. The van der Waals surface area contributed by atoms with E-state index in [-0.39, 0.29) is 10.8 Å². The fourth-order valence-electron chi connectivity index (χ4n) is 1.76. The summed E-state index contributed by atoms with van der Waals surface area (Å²) in [5, 5.41) is 2.44. The molecule has 0 fully saturated rings. The molecule has 1 amide bonds. The summed E-state index contributed by atoms with van der Waals surface area (Å²) in [7, 11) is -3.69. The maximum absolute atomic E-state index is 12.4. The summed E-state index contributed by atoms with van der Waals surface area (Å²) in [5.74, 6) is -0.324. The summed E-state index contributed by atoms with van der Waals surface area (Å²) < 4.78 is 29.8. The maximum Gasteiger partial charge on any atom is 0.408 e. The molecule has 1 aromatic heterocycles. The van der Waals surface area contributed by atoms with Crippen LogP contribution in [0.4, 0.5) is 10.5 Å². The zero-order valence-electron chi connectivity index (χ0n) is 13.5. The second kappa shape index (κ2) is 6.12. The zero-order valence-corrected chi connectivity index (χ0v) is 14.3. The Morgan fingerprint density at radius 3 is 2.41 bits per heavy atom. The van der Waals surface area contributed by atoms with Crippen LogP contribution in [0.25, 0.3) is 0 Å². The predicted molar refractivity (Wildman–Crippen MR) is 84.2 cm³/mol. The van der Waals surface area contributed by atoms with Crippen molar-refractivity contribution >= 4 is 21.6 Å². The molecular formula is C14H23N3O4S. The van der Waals surface area contributed by atoms with Crippen LogP contribution < -0.4 is 11.1 Å². The number of nitrogens with one attached hydrogen (secondary N) is 1. The molecular weight excluding hydrogens is 306 g/mol. The smallest absolute Gasteiger partial charge is 0.408 e. The van der Waals surface area contributed by atoms with E-state index in [2.05, 4.69) is 10.3 Å². The summed E-state index contributed by atoms with van der Waals surface area (Å²) in [6.07, 6.45) is 0.657. The lowest BCUT2D eigenvalue weighted by Crippen LogP contribution is -2.50. The van der Waals surface area contributed by atoms with Gasteiger partial charge in [-0.3, -0.25) is 0 Å². The van der Waals surface area contributed by atoms with Gasteiger partial charge in [-0.2, -0.15) is 0 Å². The summed E-state index contributed by atoms with van der Waals surface area (Å²) >= 11 is 0. The number of hydrogen-bond donors (Lipinski definition) is 2. The van der Waals surface area contributed by atoms with Gasteiger partial charge in [0.05, 0.1) is 11.3 Å². The number of anilines is 1. The molecule has 7 nitrogen and oxygen atoms in total. The number of alkyl carbamates (subject to hydrolysis) is 1. The summed E-state index contributed by atoms with van der Waals surface area (Å²) in [5.41, 5.74) is 4.21. The molecule has 0 saturated heterocycles. The molecule has 124 valence electrons. The van der Waals surface area contributed by atoms with Crippen molar-refractivity contribution in [2.75, 3.05) is 11.5 Å². The Hall–Kier alpha value is -1.83. The lowest BCUT2D eigenvalue weighted by Gasteiger charge is -2.28. The zero-order chi connectivity index (χ0) is 17.2. The van der Waals surface area contributed by atoms with Crippen LogP contribution >= 0.6 is 0 Å². The van der Waals surface area contributed by atoms with Crippen LogP contribution in [0.15, 0.2) is 23.4 Å². The third-order valence-corrected chi connectivity index (χ3v) is 4.43. The number of carbonyl (C=O) groups is 1. The Bertz CT molecular complexity index is 648. The van der Waals surface area contributed by atoms with Gasteiger partial charge in [-0.1, -0.05) is 0 Å². The topological polar surface area (TPSA) is 111 Å². The van der Waals surface area contributed by atoms with Gasteiger partial charge in [-0.25, -0.2) is 18.2 Å². The molecule has 0 aliphatic carbocycles. The lowest BCUT2D eigenvalue weighted by molar-refractivity contribution is 0.0482. The number of pyridine rings is 1. The van der Waals surface area contributed by atoms with Gasteiger partial charge in [-0.15, -0.1) is 0 Å². The molecule has 1 heterocycles. The van der Waals surface area contributed by atoms with Crippen molar-refractivity contribution in [1.82, 2.24) is 10.3 Å². The number of sulfone groups is 1. The second-order valence-electron chi connectivity index (χ2n) is 6.70. The van der Waals surface area contributed by atoms with Crippen LogP contribution in [-0.2, 0) is 14.6 Å². The maximum atomic E-state index is 12.4. The number of nitrogens with two attached hydrogens (primary N) is 1. The first kappa shape index (κ1) is 18.2. The summed E-state index contributed by atoms with van der Waals surface area (Å²) in [6.45, 7) is 8.38. The lowest BCUT2D eigenvalue weighted by atomic mass is 10.1. The third-order valence-electron chi connectivity index (χ3n) is 2.47. The third kappa shape index (κ3) is 5.88. The number of nitrogens with zero attached hydrogens (tertiary/aromatic N) is 1. The van der Waals surface area contributed by atoms with Crippen LogP contribution in [0, 0.1) is 0 Å². The fraction of sp³-hybridized carbons (Fsp3) is 0.571. The molecule has 1 aromatic rings. The first-order chi connectivity index (χ1) is 9.81. The number of rotatable bonds is 4. The van der Waals surface area contributed by atoms with E-state index < -0.39 is 27.1 Å². The van der Waals surface area contributed by atoms with E-state index in [1.807, 2.05) is 0 Å². The van der Waals surface area contributed by atoms with Crippen LogP contribution in [0.1, 0.15) is 34.6 Å². The van der Waals surface area contributed by atoms with Crippen molar-refractivity contribution in [3.05, 3.63) is 18.3 Å². The predicted octanol–water partition coefficient (Wildman–Crippen LogP) is 1.74. The standard InChI is InChI=1S/C14H23N3O4S/c1-13(2,3)21-12(18)17-14(4,5)9-22(19,20)11-8-10(15)6-7-16-11/h6-8H,9H2,1-5H3,(H2,15,16)(H,17,18). The minimum absolute atomic E-state index is 0.119. The molecule has 0 saturated carbocycles. The molecule has 0 bridgehead atoms. The number of ether oxygens (including phenoxy) is 1. The van der Waals surface area contributed by atoms with Gasteiger partial charge in [0.2, 0.25) is 0 Å². The van der Waals surface area contributed by atoms with Crippen molar-refractivity contribution in [3.8, 4) is 0 Å². The van der Waals surface area contributed by atoms with Gasteiger partial charge in [0.1, 0.15) is 5.60 Å². The highest BCUT2D eigenvalue weighted by Gasteiger charge is 2.31. The molecule has 22 heavy (non-hydrogen) atoms. The van der Waals surface area contributed by atoms with Crippen molar-refractivity contribution < 1.29 is 17.9 Å². The van der Waals surface area contributed by atoms with Crippen LogP contribution in [0.5, 0.6) is 0 Å². The van der Waals surface area contributed by atoms with Gasteiger partial charge in [0.25, 0.3) is 0 Å². The van der Waals surface area contributed by atoms with E-state index in [0.717, 1.165) is 0 Å². The monoisotopic (exact) mass is 329 g/mol. The van der Waals surface area contributed by atoms with Gasteiger partial charge in [0.15, 0.2) is 14.9 Å². The molecule has 3 N–H and O–H groups in total. The number of hydrogen-bond acceptors (Lipinski definition) is 6. The highest BCUT2D eigenvalue weighted by molar-refractivity contribution is 7.91. The fourth-order valence-corrected chi connectivity index (χ4v) is 3.47. The SMILES string of the molecule is CC(C)(CS(=O)(=O)c1cc(N)ccn1)NC(=O)OC(C)(C)C. The van der Waals surface area contributed by atoms with E-state index in [1.165, 1.54) is 18.3 Å². The van der Waals surface area contributed by atoms with Crippen LogP contribution in [0.3, 0.4) is 0 Å². The Kier molecular flexibility index (Phi) is 5.06. The first-order valence-corrected chi connectivity index (χ1v) is 8.41. The summed E-state index contributed by atoms with van der Waals surface area (Å²) in [6, 6.07) is 2.79. The highest BCUT2D eigenvalue weighted by atomic mass is 32.2. The first-order valence-electron chi connectivity index (χ1n) is 6.76. The molecule has 0 aliphatic rings. The molecule has 0 aromatic carbocycles. The highest BCUT2D eigenvalue weighted by Crippen LogP contribution is 2.17. The van der Waals surface area contributed by atoms with Crippen LogP contribution in [0.2, 0.25) is 0 Å². The number of amides is 1. The molecule has 0 atom stereocenters. The van der Waals surface area contributed by atoms with Gasteiger partial charge >= 0.3 is 6.09 Å². The summed E-state index contributed by atoms with van der Waals surface area (Å²) in [4.78, 5) is 15.6. The second-order valence-corrected chi connectivity index (χ2v) is 8.63. The molecule has 0 radical (unpaired) electrons. The van der Waals surface area contributed by atoms with E-state index in [4.69, 9.17) is 10.5 Å². The molecule has 0 unspecified atom stereocenters. The van der Waals surface area contributed by atoms with Crippen LogP contribution in [-0.4, -0.2) is 36.4 Å². The average molecular weight is 329 g/mol. The quantitative estimate of drug-likeness (QED) is 0.870.